The molecule has 0 saturated heterocycles. The van der Waals surface area contributed by atoms with Crippen LogP contribution >= 0.6 is 11.6 Å². The van der Waals surface area contributed by atoms with Gasteiger partial charge in [0.1, 0.15) is 12.3 Å². The van der Waals surface area contributed by atoms with E-state index in [2.05, 4.69) is 10.4 Å². The summed E-state index contributed by atoms with van der Waals surface area (Å²) in [4.78, 5) is 11.8. The SMILES string of the molecule is COc1ccc(NC(=O)Cn2cc(N)cn2)cc1Cl. The zero-order valence-corrected chi connectivity index (χ0v) is 11.0. The number of nitrogens with zero attached hydrogens (tertiary/aromatic N) is 2. The number of nitrogen functional groups attached to an aromatic ring is 1. The van der Waals surface area contributed by atoms with Crippen LogP contribution in [0.3, 0.4) is 0 Å². The first-order valence-corrected chi connectivity index (χ1v) is 5.87. The minimum Gasteiger partial charge on any atom is -0.495 e. The summed E-state index contributed by atoms with van der Waals surface area (Å²) < 4.78 is 6.48. The predicted molar refractivity (Wildman–Crippen MR) is 73.3 cm³/mol. The number of rotatable bonds is 4. The second kappa shape index (κ2) is 5.62. The normalized spacial score (nSPS) is 10.2. The number of carbonyl (C=O) groups excluding carboxylic acids is 1. The van der Waals surface area contributed by atoms with Crippen molar-refractivity contribution < 1.29 is 9.53 Å². The molecule has 0 spiro atoms. The summed E-state index contributed by atoms with van der Waals surface area (Å²) in [5, 5.41) is 7.07. The van der Waals surface area contributed by atoms with Crippen LogP contribution in [-0.2, 0) is 11.3 Å². The third-order valence-electron chi connectivity index (χ3n) is 2.39. The van der Waals surface area contributed by atoms with E-state index in [1.807, 2.05) is 0 Å². The highest BCUT2D eigenvalue weighted by Gasteiger charge is 2.07. The Morgan fingerprint density at radius 3 is 2.95 bits per heavy atom. The van der Waals surface area contributed by atoms with Crippen molar-refractivity contribution in [3.8, 4) is 5.75 Å². The maximum atomic E-state index is 11.8. The fourth-order valence-electron chi connectivity index (χ4n) is 1.56. The third kappa shape index (κ3) is 3.38. The minimum absolute atomic E-state index is 0.0842. The summed E-state index contributed by atoms with van der Waals surface area (Å²) in [6.45, 7) is 0.0842. The standard InChI is InChI=1S/C12H13ClN4O2/c1-19-11-3-2-9(4-10(11)13)16-12(18)7-17-6-8(14)5-15-17/h2-6H,7,14H2,1H3,(H,16,18). The molecule has 0 saturated carbocycles. The van der Waals surface area contributed by atoms with Gasteiger partial charge in [0.15, 0.2) is 0 Å². The summed E-state index contributed by atoms with van der Waals surface area (Å²) in [6, 6.07) is 5.01. The molecule has 0 unspecified atom stereocenters. The van der Waals surface area contributed by atoms with Gasteiger partial charge in [0.05, 0.1) is 24.0 Å². The van der Waals surface area contributed by atoms with Gasteiger partial charge in [-0.15, -0.1) is 0 Å². The Labute approximate surface area is 115 Å². The van der Waals surface area contributed by atoms with Crippen LogP contribution in [0.5, 0.6) is 5.75 Å². The largest absolute Gasteiger partial charge is 0.495 e. The topological polar surface area (TPSA) is 82.2 Å². The number of anilines is 2. The van der Waals surface area contributed by atoms with Crippen LogP contribution < -0.4 is 15.8 Å². The van der Waals surface area contributed by atoms with Gasteiger partial charge in [-0.25, -0.2) is 0 Å². The number of benzene rings is 1. The molecule has 6 nitrogen and oxygen atoms in total. The lowest BCUT2D eigenvalue weighted by atomic mass is 10.3. The number of ether oxygens (including phenoxy) is 1. The summed E-state index contributed by atoms with van der Waals surface area (Å²) in [6.07, 6.45) is 3.07. The molecule has 3 N–H and O–H groups in total. The molecule has 2 rings (SSSR count). The predicted octanol–water partition coefficient (Wildman–Crippen LogP) is 1.77. The average molecular weight is 281 g/mol. The van der Waals surface area contributed by atoms with Crippen molar-refractivity contribution in [2.24, 2.45) is 0 Å². The number of aromatic nitrogens is 2. The van der Waals surface area contributed by atoms with Crippen molar-refractivity contribution in [1.29, 1.82) is 0 Å². The maximum Gasteiger partial charge on any atom is 0.246 e. The number of nitrogens with two attached hydrogens (primary N) is 1. The monoisotopic (exact) mass is 280 g/mol. The summed E-state index contributed by atoms with van der Waals surface area (Å²) >= 11 is 5.97. The molecule has 1 amide bonds. The lowest BCUT2D eigenvalue weighted by Gasteiger charge is -2.08. The fourth-order valence-corrected chi connectivity index (χ4v) is 1.82. The van der Waals surface area contributed by atoms with E-state index in [4.69, 9.17) is 22.1 Å². The van der Waals surface area contributed by atoms with Crippen molar-refractivity contribution in [3.63, 3.8) is 0 Å². The van der Waals surface area contributed by atoms with E-state index >= 15 is 0 Å². The fraction of sp³-hybridized carbons (Fsp3) is 0.167. The number of halogens is 1. The lowest BCUT2D eigenvalue weighted by molar-refractivity contribution is -0.116. The quantitative estimate of drug-likeness (QED) is 0.894. The Bertz CT molecular complexity index is 597. The zero-order valence-electron chi connectivity index (χ0n) is 10.3. The molecular formula is C12H13ClN4O2. The molecule has 0 aliphatic heterocycles. The molecule has 0 aliphatic carbocycles. The lowest BCUT2D eigenvalue weighted by Crippen LogP contribution is -2.19. The number of hydrogen-bond acceptors (Lipinski definition) is 4. The molecule has 0 radical (unpaired) electrons. The first-order valence-electron chi connectivity index (χ1n) is 5.50. The average Bonchev–Trinajstić information content (AvgIpc) is 2.74. The van der Waals surface area contributed by atoms with Crippen molar-refractivity contribution in [2.45, 2.75) is 6.54 Å². The molecule has 0 aliphatic rings. The summed E-state index contributed by atoms with van der Waals surface area (Å²) in [5.74, 6) is 0.337. The first-order chi connectivity index (χ1) is 9.08. The minimum atomic E-state index is -0.218. The second-order valence-corrected chi connectivity index (χ2v) is 4.28. The van der Waals surface area contributed by atoms with Gasteiger partial charge in [0, 0.05) is 11.9 Å². The van der Waals surface area contributed by atoms with Gasteiger partial charge < -0.3 is 15.8 Å². The van der Waals surface area contributed by atoms with Crippen molar-refractivity contribution >= 4 is 28.9 Å². The Morgan fingerprint density at radius 2 is 2.37 bits per heavy atom. The Kier molecular flexibility index (Phi) is 3.91. The first kappa shape index (κ1) is 13.2. The molecule has 1 aromatic carbocycles. The third-order valence-corrected chi connectivity index (χ3v) is 2.69. The van der Waals surface area contributed by atoms with Gasteiger partial charge in [-0.1, -0.05) is 11.6 Å². The molecule has 19 heavy (non-hydrogen) atoms. The van der Waals surface area contributed by atoms with Crippen LogP contribution in [0, 0.1) is 0 Å². The van der Waals surface area contributed by atoms with Crippen molar-refractivity contribution in [3.05, 3.63) is 35.6 Å². The van der Waals surface area contributed by atoms with Gasteiger partial charge in [0.25, 0.3) is 0 Å². The molecule has 7 heteroatoms. The van der Waals surface area contributed by atoms with Crippen LogP contribution in [0.15, 0.2) is 30.6 Å². The van der Waals surface area contributed by atoms with Crippen molar-refractivity contribution in [1.82, 2.24) is 9.78 Å². The van der Waals surface area contributed by atoms with Crippen LogP contribution in [0.1, 0.15) is 0 Å². The van der Waals surface area contributed by atoms with E-state index in [0.29, 0.717) is 22.1 Å². The second-order valence-electron chi connectivity index (χ2n) is 3.87. The molecule has 2 aromatic rings. The Balaban J connectivity index is 2.00. The summed E-state index contributed by atoms with van der Waals surface area (Å²) in [5.41, 5.74) is 6.62. The number of nitrogens with one attached hydrogen (secondary N) is 1. The number of methoxy groups -OCH3 is 1. The van der Waals surface area contributed by atoms with E-state index in [0.717, 1.165) is 0 Å². The summed E-state index contributed by atoms with van der Waals surface area (Å²) in [7, 11) is 1.53. The van der Waals surface area contributed by atoms with E-state index in [-0.39, 0.29) is 12.5 Å². The molecular weight excluding hydrogens is 268 g/mol. The van der Waals surface area contributed by atoms with Crippen LogP contribution in [0.4, 0.5) is 11.4 Å². The number of amides is 1. The van der Waals surface area contributed by atoms with E-state index in [1.165, 1.54) is 18.0 Å². The van der Waals surface area contributed by atoms with Gasteiger partial charge in [0.2, 0.25) is 5.91 Å². The number of carbonyl (C=O) groups is 1. The highest BCUT2D eigenvalue weighted by atomic mass is 35.5. The Morgan fingerprint density at radius 1 is 1.58 bits per heavy atom. The molecule has 1 aromatic heterocycles. The zero-order chi connectivity index (χ0) is 13.8. The van der Waals surface area contributed by atoms with E-state index in [9.17, 15) is 4.79 Å². The molecule has 100 valence electrons. The van der Waals surface area contributed by atoms with E-state index < -0.39 is 0 Å². The van der Waals surface area contributed by atoms with Crippen molar-refractivity contribution in [2.75, 3.05) is 18.2 Å². The maximum absolute atomic E-state index is 11.8. The van der Waals surface area contributed by atoms with E-state index in [1.54, 1.807) is 24.4 Å². The number of hydrogen-bond donors (Lipinski definition) is 2. The van der Waals surface area contributed by atoms with Crippen LogP contribution in [-0.4, -0.2) is 22.8 Å². The van der Waals surface area contributed by atoms with Gasteiger partial charge in [-0.05, 0) is 18.2 Å². The molecule has 0 bridgehead atoms. The highest BCUT2D eigenvalue weighted by molar-refractivity contribution is 6.32. The molecule has 0 atom stereocenters. The van der Waals surface area contributed by atoms with Crippen LogP contribution in [0.25, 0.3) is 0 Å². The van der Waals surface area contributed by atoms with Gasteiger partial charge in [-0.2, -0.15) is 5.10 Å². The smallest absolute Gasteiger partial charge is 0.246 e. The molecule has 0 fully saturated rings. The highest BCUT2D eigenvalue weighted by Crippen LogP contribution is 2.27. The van der Waals surface area contributed by atoms with Gasteiger partial charge >= 0.3 is 0 Å². The Hall–Kier alpha value is -2.21. The molecule has 1 heterocycles. The van der Waals surface area contributed by atoms with Gasteiger partial charge in [-0.3, -0.25) is 9.48 Å². The van der Waals surface area contributed by atoms with Crippen LogP contribution in [0.2, 0.25) is 5.02 Å².